The molecule has 3 N–H and O–H groups in total. The van der Waals surface area contributed by atoms with Crippen LogP contribution >= 0.6 is 0 Å². The topological polar surface area (TPSA) is 36.8 Å². The average Bonchev–Trinajstić information content (AvgIpc) is 2.26. The second-order valence-corrected chi connectivity index (χ2v) is 4.71. The molecule has 0 radical (unpaired) electrons. The van der Waals surface area contributed by atoms with Crippen molar-refractivity contribution in [3.8, 4) is 0 Å². The van der Waals surface area contributed by atoms with Crippen molar-refractivity contribution in [3.05, 3.63) is 35.4 Å². The van der Waals surface area contributed by atoms with Crippen LogP contribution in [0.3, 0.4) is 0 Å². The van der Waals surface area contributed by atoms with Gasteiger partial charge in [0.05, 0.1) is 12.2 Å². The van der Waals surface area contributed by atoms with Crippen LogP contribution in [0.4, 0.5) is 13.2 Å². The number of quaternary nitrogens is 1. The zero-order valence-electron chi connectivity index (χ0n) is 9.88. The summed E-state index contributed by atoms with van der Waals surface area (Å²) in [6.07, 6.45) is -4.33. The molecule has 0 aliphatic heterocycles. The summed E-state index contributed by atoms with van der Waals surface area (Å²) in [5.74, 6) is 0. The first-order valence-electron chi connectivity index (χ1n) is 5.36. The first-order chi connectivity index (χ1) is 7.76. The van der Waals surface area contributed by atoms with E-state index < -0.39 is 17.3 Å². The van der Waals surface area contributed by atoms with Gasteiger partial charge in [0.25, 0.3) is 0 Å². The van der Waals surface area contributed by atoms with Crippen molar-refractivity contribution < 1.29 is 23.6 Å². The Hall–Kier alpha value is -1.07. The number of hydrogen-bond acceptors (Lipinski definition) is 1. The summed E-state index contributed by atoms with van der Waals surface area (Å²) >= 11 is 0. The third-order valence-electron chi connectivity index (χ3n) is 2.60. The van der Waals surface area contributed by atoms with Crippen LogP contribution in [0.25, 0.3) is 0 Å². The Morgan fingerprint density at radius 2 is 1.76 bits per heavy atom. The molecule has 0 bridgehead atoms. The van der Waals surface area contributed by atoms with Gasteiger partial charge in [-0.3, -0.25) is 0 Å². The third-order valence-corrected chi connectivity index (χ3v) is 2.60. The zero-order chi connectivity index (χ0) is 13.1. The van der Waals surface area contributed by atoms with E-state index in [2.05, 4.69) is 0 Å². The summed E-state index contributed by atoms with van der Waals surface area (Å²) in [4.78, 5) is 0. The van der Waals surface area contributed by atoms with Crippen molar-refractivity contribution in [2.75, 3.05) is 6.61 Å². The Balaban J connectivity index is 2.85. The molecular weight excluding hydrogens is 231 g/mol. The van der Waals surface area contributed by atoms with Crippen LogP contribution in [0.1, 0.15) is 25.0 Å². The molecule has 0 aromatic heterocycles. The average molecular weight is 248 g/mol. The summed E-state index contributed by atoms with van der Waals surface area (Å²) in [5.41, 5.74) is -0.842. The quantitative estimate of drug-likeness (QED) is 0.833. The second-order valence-electron chi connectivity index (χ2n) is 4.71. The molecule has 17 heavy (non-hydrogen) atoms. The van der Waals surface area contributed by atoms with Gasteiger partial charge in [-0.25, -0.2) is 0 Å². The van der Waals surface area contributed by atoms with Gasteiger partial charge in [-0.2, -0.15) is 13.2 Å². The number of nitrogens with two attached hydrogens (primary N) is 1. The highest BCUT2D eigenvalue weighted by Crippen LogP contribution is 2.31. The minimum atomic E-state index is -4.33. The van der Waals surface area contributed by atoms with E-state index in [1.807, 2.05) is 0 Å². The van der Waals surface area contributed by atoms with Crippen LogP contribution in [0.15, 0.2) is 24.3 Å². The van der Waals surface area contributed by atoms with E-state index in [9.17, 15) is 13.2 Å². The number of halogens is 3. The van der Waals surface area contributed by atoms with Crippen LogP contribution in [-0.2, 0) is 12.7 Å². The highest BCUT2D eigenvalue weighted by atomic mass is 19.4. The molecule has 0 saturated carbocycles. The first kappa shape index (κ1) is 14.0. The number of hydrogen-bond donors (Lipinski definition) is 2. The molecule has 96 valence electrons. The van der Waals surface area contributed by atoms with Crippen LogP contribution in [0.2, 0.25) is 0 Å². The molecule has 0 heterocycles. The largest absolute Gasteiger partial charge is 0.416 e. The minimum Gasteiger partial charge on any atom is -0.390 e. The van der Waals surface area contributed by atoms with Crippen molar-refractivity contribution in [1.29, 1.82) is 0 Å². The fraction of sp³-hybridized carbons (Fsp3) is 0.500. The Kier molecular flexibility index (Phi) is 4.16. The molecular formula is C12H17F3NO+. The monoisotopic (exact) mass is 248 g/mol. The number of aliphatic hydroxyl groups excluding tert-OH is 1. The number of benzene rings is 1. The molecule has 1 aromatic rings. The Labute approximate surface area is 98.5 Å². The van der Waals surface area contributed by atoms with Crippen molar-refractivity contribution in [3.63, 3.8) is 0 Å². The molecule has 0 unspecified atom stereocenters. The van der Waals surface area contributed by atoms with E-state index in [0.717, 1.165) is 6.07 Å². The van der Waals surface area contributed by atoms with Gasteiger partial charge in [-0.1, -0.05) is 18.2 Å². The standard InChI is InChI=1S/C12H16F3NO/c1-11(2,8-17)16-7-9-5-3-4-6-10(9)12(13,14)15/h3-6,16-17H,7-8H2,1-2H3/p+1. The number of alkyl halides is 3. The molecule has 2 nitrogen and oxygen atoms in total. The van der Waals surface area contributed by atoms with Crippen molar-refractivity contribution in [1.82, 2.24) is 0 Å². The fourth-order valence-corrected chi connectivity index (χ4v) is 1.43. The van der Waals surface area contributed by atoms with Gasteiger partial charge in [-0.05, 0) is 19.9 Å². The van der Waals surface area contributed by atoms with Crippen molar-refractivity contribution in [2.24, 2.45) is 0 Å². The number of rotatable bonds is 4. The Morgan fingerprint density at radius 1 is 1.18 bits per heavy atom. The second kappa shape index (κ2) is 5.06. The van der Waals surface area contributed by atoms with Crippen LogP contribution < -0.4 is 5.32 Å². The molecule has 1 rings (SSSR count). The molecule has 0 atom stereocenters. The van der Waals surface area contributed by atoms with Gasteiger partial charge in [0.2, 0.25) is 0 Å². The molecule has 0 spiro atoms. The van der Waals surface area contributed by atoms with Gasteiger partial charge in [0, 0.05) is 5.56 Å². The summed E-state index contributed by atoms with van der Waals surface area (Å²) in [7, 11) is 0. The molecule has 0 aliphatic rings. The molecule has 5 heteroatoms. The summed E-state index contributed by atoms with van der Waals surface area (Å²) in [5, 5.41) is 10.8. The predicted octanol–water partition coefficient (Wildman–Crippen LogP) is 1.54. The molecule has 0 amide bonds. The van der Waals surface area contributed by atoms with E-state index in [4.69, 9.17) is 5.11 Å². The Morgan fingerprint density at radius 3 is 2.29 bits per heavy atom. The minimum absolute atomic E-state index is 0.0822. The smallest absolute Gasteiger partial charge is 0.390 e. The lowest BCUT2D eigenvalue weighted by Crippen LogP contribution is -2.95. The maximum absolute atomic E-state index is 12.7. The van der Waals surface area contributed by atoms with E-state index in [-0.39, 0.29) is 18.7 Å². The Bertz CT molecular complexity index is 374. The van der Waals surface area contributed by atoms with Gasteiger partial charge in [-0.15, -0.1) is 0 Å². The first-order valence-corrected chi connectivity index (χ1v) is 5.36. The normalized spacial score (nSPS) is 12.8. The van der Waals surface area contributed by atoms with Crippen molar-refractivity contribution in [2.45, 2.75) is 32.1 Å². The number of aliphatic hydroxyl groups is 1. The van der Waals surface area contributed by atoms with Crippen LogP contribution in [-0.4, -0.2) is 17.3 Å². The lowest BCUT2D eigenvalue weighted by Gasteiger charge is -2.21. The predicted molar refractivity (Wildman–Crippen MR) is 58.2 cm³/mol. The van der Waals surface area contributed by atoms with Gasteiger partial charge >= 0.3 is 6.18 Å². The molecule has 0 aliphatic carbocycles. The van der Waals surface area contributed by atoms with Crippen molar-refractivity contribution >= 4 is 0 Å². The van der Waals surface area contributed by atoms with E-state index in [1.165, 1.54) is 12.1 Å². The van der Waals surface area contributed by atoms with Gasteiger partial charge in [0.1, 0.15) is 12.1 Å². The van der Waals surface area contributed by atoms with Gasteiger partial charge in [0.15, 0.2) is 0 Å². The molecule has 1 aromatic carbocycles. The van der Waals surface area contributed by atoms with Crippen LogP contribution in [0.5, 0.6) is 0 Å². The molecule has 0 saturated heterocycles. The SMILES string of the molecule is CC(C)(CO)[NH2+]Cc1ccccc1C(F)(F)F. The summed E-state index contributed by atoms with van der Waals surface area (Å²) in [6, 6.07) is 5.51. The van der Waals surface area contributed by atoms with E-state index >= 15 is 0 Å². The maximum atomic E-state index is 12.7. The van der Waals surface area contributed by atoms with E-state index in [1.54, 1.807) is 25.2 Å². The zero-order valence-corrected chi connectivity index (χ0v) is 9.88. The lowest BCUT2D eigenvalue weighted by atomic mass is 10.0. The van der Waals surface area contributed by atoms with E-state index in [0.29, 0.717) is 0 Å². The highest BCUT2D eigenvalue weighted by Gasteiger charge is 2.33. The van der Waals surface area contributed by atoms with Gasteiger partial charge < -0.3 is 10.4 Å². The highest BCUT2D eigenvalue weighted by molar-refractivity contribution is 5.28. The summed E-state index contributed by atoms with van der Waals surface area (Å²) < 4.78 is 38.1. The summed E-state index contributed by atoms with van der Waals surface area (Å²) in [6.45, 7) is 3.68. The third kappa shape index (κ3) is 4.02. The maximum Gasteiger partial charge on any atom is 0.416 e. The van der Waals surface area contributed by atoms with Crippen LogP contribution in [0, 0.1) is 0 Å². The fourth-order valence-electron chi connectivity index (χ4n) is 1.43. The molecule has 0 fully saturated rings. The lowest BCUT2D eigenvalue weighted by molar-refractivity contribution is -0.736.